The van der Waals surface area contributed by atoms with E-state index in [1.54, 1.807) is 0 Å². The molecule has 0 bridgehead atoms. The van der Waals surface area contributed by atoms with Gasteiger partial charge in [0.15, 0.2) is 5.82 Å². The number of benzene rings is 1. The van der Waals surface area contributed by atoms with E-state index in [9.17, 15) is 0 Å². The van der Waals surface area contributed by atoms with Gasteiger partial charge in [-0.1, -0.05) is 30.5 Å². The molecule has 1 aromatic carbocycles. The Hall–Kier alpha value is -1.66. The zero-order valence-electron chi connectivity index (χ0n) is 14.7. The minimum atomic E-state index is 0.500. The Morgan fingerprint density at radius 3 is 2.64 bits per heavy atom. The van der Waals surface area contributed by atoms with Crippen molar-refractivity contribution in [3.8, 4) is 0 Å². The molecule has 1 saturated heterocycles. The Morgan fingerprint density at radius 1 is 1.12 bits per heavy atom. The van der Waals surface area contributed by atoms with Gasteiger partial charge in [-0.05, 0) is 47.9 Å². The molecule has 0 unspecified atom stereocenters. The van der Waals surface area contributed by atoms with Crippen molar-refractivity contribution >= 4 is 17.3 Å². The lowest BCUT2D eigenvalue weighted by molar-refractivity contribution is 0.236. The van der Waals surface area contributed by atoms with E-state index in [2.05, 4.69) is 49.1 Å². The lowest BCUT2D eigenvalue weighted by Gasteiger charge is -2.36. The van der Waals surface area contributed by atoms with Crippen LogP contribution in [0.3, 0.4) is 0 Å². The first-order valence-electron chi connectivity index (χ1n) is 9.21. The molecule has 0 amide bonds. The Morgan fingerprint density at radius 2 is 1.88 bits per heavy atom. The second kappa shape index (κ2) is 7.30. The number of aryl methyl sites for hydroxylation is 1. The van der Waals surface area contributed by atoms with Crippen LogP contribution in [0.5, 0.6) is 0 Å². The minimum Gasteiger partial charge on any atom is -0.369 e. The molecule has 1 aliphatic heterocycles. The van der Waals surface area contributed by atoms with Crippen molar-refractivity contribution < 1.29 is 0 Å². The van der Waals surface area contributed by atoms with Crippen molar-refractivity contribution in [2.45, 2.75) is 45.2 Å². The molecule has 1 aliphatic carbocycles. The summed E-state index contributed by atoms with van der Waals surface area (Å²) in [5.74, 6) is 1.01. The second-order valence-electron chi connectivity index (χ2n) is 7.17. The van der Waals surface area contributed by atoms with Gasteiger partial charge in [-0.25, -0.2) is 4.68 Å². The number of hydrogen-bond acceptors (Lipinski definition) is 5. The van der Waals surface area contributed by atoms with Crippen LogP contribution < -0.4 is 4.90 Å². The van der Waals surface area contributed by atoms with Crippen molar-refractivity contribution in [3.05, 3.63) is 34.6 Å². The van der Waals surface area contributed by atoms with Crippen molar-refractivity contribution in [1.82, 2.24) is 25.1 Å². The van der Waals surface area contributed by atoms with Gasteiger partial charge in [0.2, 0.25) is 0 Å². The summed E-state index contributed by atoms with van der Waals surface area (Å²) in [4.78, 5) is 4.88. The van der Waals surface area contributed by atoms with E-state index in [4.69, 9.17) is 11.6 Å². The second-order valence-corrected chi connectivity index (χ2v) is 7.61. The van der Waals surface area contributed by atoms with Crippen LogP contribution >= 0.6 is 11.6 Å². The van der Waals surface area contributed by atoms with Gasteiger partial charge in [-0.15, -0.1) is 5.10 Å². The maximum Gasteiger partial charge on any atom is 0.165 e. The predicted molar refractivity (Wildman–Crippen MR) is 99.0 cm³/mol. The molecular formula is C18H25ClN6. The summed E-state index contributed by atoms with van der Waals surface area (Å²) < 4.78 is 2.07. The van der Waals surface area contributed by atoms with E-state index in [0.29, 0.717) is 6.04 Å². The molecule has 1 aromatic heterocycles. The first-order valence-corrected chi connectivity index (χ1v) is 9.59. The molecule has 2 heterocycles. The molecule has 6 nitrogen and oxygen atoms in total. The third-order valence-electron chi connectivity index (χ3n) is 5.48. The summed E-state index contributed by atoms with van der Waals surface area (Å²) in [6.07, 6.45) is 5.00. The topological polar surface area (TPSA) is 50.1 Å². The third-order valence-corrected chi connectivity index (χ3v) is 5.72. The highest BCUT2D eigenvalue weighted by Crippen LogP contribution is 2.29. The van der Waals surface area contributed by atoms with Gasteiger partial charge in [0.05, 0.1) is 12.6 Å². The van der Waals surface area contributed by atoms with Crippen LogP contribution in [0.15, 0.2) is 18.2 Å². The zero-order valence-corrected chi connectivity index (χ0v) is 15.5. The van der Waals surface area contributed by atoms with Crippen LogP contribution in [0.25, 0.3) is 0 Å². The normalized spacial score (nSPS) is 19.7. The molecule has 2 fully saturated rings. The number of piperazine rings is 1. The maximum absolute atomic E-state index is 6.18. The van der Waals surface area contributed by atoms with Gasteiger partial charge in [0.25, 0.3) is 0 Å². The summed E-state index contributed by atoms with van der Waals surface area (Å²) >= 11 is 6.18. The van der Waals surface area contributed by atoms with Crippen LogP contribution in [0, 0.1) is 6.92 Å². The van der Waals surface area contributed by atoms with Crippen LogP contribution in [0.2, 0.25) is 5.02 Å². The average molecular weight is 361 g/mol. The van der Waals surface area contributed by atoms with E-state index in [-0.39, 0.29) is 0 Å². The summed E-state index contributed by atoms with van der Waals surface area (Å²) in [6.45, 7) is 7.03. The molecular weight excluding hydrogens is 336 g/mol. The quantitative estimate of drug-likeness (QED) is 0.838. The van der Waals surface area contributed by atoms with Gasteiger partial charge in [-0.2, -0.15) is 0 Å². The first kappa shape index (κ1) is 16.8. The number of nitrogens with zero attached hydrogens (tertiary/aromatic N) is 6. The van der Waals surface area contributed by atoms with Crippen LogP contribution in [-0.2, 0) is 6.54 Å². The number of anilines is 1. The van der Waals surface area contributed by atoms with Gasteiger partial charge in [0.1, 0.15) is 0 Å². The monoisotopic (exact) mass is 360 g/mol. The molecule has 0 N–H and O–H groups in total. The highest BCUT2D eigenvalue weighted by molar-refractivity contribution is 6.30. The molecule has 25 heavy (non-hydrogen) atoms. The number of halogens is 1. The molecule has 0 atom stereocenters. The van der Waals surface area contributed by atoms with Gasteiger partial charge >= 0.3 is 0 Å². The van der Waals surface area contributed by atoms with Gasteiger partial charge < -0.3 is 4.90 Å². The van der Waals surface area contributed by atoms with Crippen LogP contribution in [-0.4, -0.2) is 51.3 Å². The first-order chi connectivity index (χ1) is 12.2. The summed E-state index contributed by atoms with van der Waals surface area (Å²) in [5.41, 5.74) is 2.53. The number of aromatic nitrogens is 4. The molecule has 4 rings (SSSR count). The summed E-state index contributed by atoms with van der Waals surface area (Å²) in [7, 11) is 0. The molecule has 0 spiro atoms. The molecule has 134 valence electrons. The minimum absolute atomic E-state index is 0.500. The molecule has 0 radical (unpaired) electrons. The summed E-state index contributed by atoms with van der Waals surface area (Å²) in [5, 5.41) is 13.3. The van der Waals surface area contributed by atoms with Crippen molar-refractivity contribution in [1.29, 1.82) is 0 Å². The fourth-order valence-corrected chi connectivity index (χ4v) is 4.19. The highest BCUT2D eigenvalue weighted by Gasteiger charge is 2.24. The van der Waals surface area contributed by atoms with E-state index in [1.807, 2.05) is 6.07 Å². The standard InChI is InChI=1S/C18H25ClN6/c1-14-6-7-15(19)12-17(14)24-10-8-23(9-11-24)13-18-20-21-22-25(18)16-4-2-3-5-16/h6-7,12,16H,2-5,8-11,13H2,1H3. The Balaban J connectivity index is 1.38. The van der Waals surface area contributed by atoms with Crippen molar-refractivity contribution in [3.63, 3.8) is 0 Å². The summed E-state index contributed by atoms with van der Waals surface area (Å²) in [6, 6.07) is 6.63. The highest BCUT2D eigenvalue weighted by atomic mass is 35.5. The Labute approximate surface area is 153 Å². The van der Waals surface area contributed by atoms with Crippen LogP contribution in [0.4, 0.5) is 5.69 Å². The number of tetrazole rings is 1. The number of hydrogen-bond donors (Lipinski definition) is 0. The molecule has 7 heteroatoms. The Kier molecular flexibility index (Phi) is 4.90. The third kappa shape index (κ3) is 3.65. The maximum atomic E-state index is 6.18. The van der Waals surface area contributed by atoms with Gasteiger partial charge in [0, 0.05) is 36.9 Å². The van der Waals surface area contributed by atoms with Crippen molar-refractivity contribution in [2.24, 2.45) is 0 Å². The van der Waals surface area contributed by atoms with E-state index in [0.717, 1.165) is 43.6 Å². The Bertz CT molecular complexity index is 716. The fourth-order valence-electron chi connectivity index (χ4n) is 4.02. The predicted octanol–water partition coefficient (Wildman–Crippen LogP) is 3.07. The lowest BCUT2D eigenvalue weighted by Crippen LogP contribution is -2.46. The molecule has 1 saturated carbocycles. The van der Waals surface area contributed by atoms with E-state index in [1.165, 1.54) is 36.9 Å². The fraction of sp³-hybridized carbons (Fsp3) is 0.611. The average Bonchev–Trinajstić information content (AvgIpc) is 3.29. The van der Waals surface area contributed by atoms with E-state index >= 15 is 0 Å². The largest absolute Gasteiger partial charge is 0.369 e. The lowest BCUT2D eigenvalue weighted by atomic mass is 10.1. The van der Waals surface area contributed by atoms with Gasteiger partial charge in [-0.3, -0.25) is 4.90 Å². The van der Waals surface area contributed by atoms with Crippen LogP contribution in [0.1, 0.15) is 43.1 Å². The molecule has 2 aliphatic rings. The zero-order chi connectivity index (χ0) is 17.2. The molecule has 2 aromatic rings. The number of rotatable bonds is 4. The SMILES string of the molecule is Cc1ccc(Cl)cc1N1CCN(Cc2nnnn2C2CCCC2)CC1. The van der Waals surface area contributed by atoms with Crippen molar-refractivity contribution in [2.75, 3.05) is 31.1 Å². The van der Waals surface area contributed by atoms with E-state index < -0.39 is 0 Å². The smallest absolute Gasteiger partial charge is 0.165 e.